The number of benzene rings is 1. The van der Waals surface area contributed by atoms with E-state index in [1.807, 2.05) is 30.3 Å². The van der Waals surface area contributed by atoms with E-state index in [4.69, 9.17) is 18.3 Å². The van der Waals surface area contributed by atoms with E-state index in [2.05, 4.69) is 88.2 Å². The first-order chi connectivity index (χ1) is 17.8. The number of methoxy groups -OCH3 is 1. The lowest BCUT2D eigenvalue weighted by Gasteiger charge is -2.40. The molecule has 0 aliphatic carbocycles. The van der Waals surface area contributed by atoms with Gasteiger partial charge in [0.2, 0.25) is 5.78 Å². The van der Waals surface area contributed by atoms with Gasteiger partial charge in [0, 0.05) is 6.10 Å². The third kappa shape index (κ3) is 10.7. The van der Waals surface area contributed by atoms with Crippen LogP contribution in [0.1, 0.15) is 73.8 Å². The summed E-state index contributed by atoms with van der Waals surface area (Å²) in [7, 11) is -2.46. The van der Waals surface area contributed by atoms with Crippen molar-refractivity contribution in [2.45, 2.75) is 123 Å². The van der Waals surface area contributed by atoms with Crippen LogP contribution in [0.5, 0.6) is 5.75 Å². The normalized spacial score (nSPS) is 15.9. The van der Waals surface area contributed by atoms with Crippen LogP contribution in [-0.2, 0) is 25.0 Å². The summed E-state index contributed by atoms with van der Waals surface area (Å²) in [4.78, 5) is 13.9. The van der Waals surface area contributed by atoms with Gasteiger partial charge in [-0.05, 0) is 85.7 Å². The van der Waals surface area contributed by atoms with E-state index in [-0.39, 0.29) is 34.5 Å². The van der Waals surface area contributed by atoms with Gasteiger partial charge in [-0.25, -0.2) is 0 Å². The van der Waals surface area contributed by atoms with Gasteiger partial charge in [0.25, 0.3) is 0 Å². The molecule has 0 N–H and O–H groups in total. The van der Waals surface area contributed by atoms with Crippen molar-refractivity contribution < 1.29 is 23.1 Å². The van der Waals surface area contributed by atoms with E-state index in [1.54, 1.807) is 13.2 Å². The smallest absolute Gasteiger partial charge is 0.224 e. The van der Waals surface area contributed by atoms with Gasteiger partial charge in [0.05, 0.1) is 7.11 Å². The fraction of sp³-hybridized carbons (Fsp3) is 0.656. The third-order valence-corrected chi connectivity index (χ3v) is 17.5. The van der Waals surface area contributed by atoms with Gasteiger partial charge in [0.1, 0.15) is 18.5 Å². The molecule has 0 bridgehead atoms. The Bertz CT molecular complexity index is 952. The monoisotopic (exact) mass is 576 g/mol. The number of Topliss-reactive ketones (excluding diaryl/α,β-unsaturated/α-hetero) is 1. The molecule has 5 nitrogen and oxygen atoms in total. The van der Waals surface area contributed by atoms with Crippen LogP contribution >= 0.6 is 0 Å². The quantitative estimate of drug-likeness (QED) is 0.0902. The van der Waals surface area contributed by atoms with E-state index >= 15 is 0 Å². The Morgan fingerprint density at radius 2 is 1.41 bits per heavy atom. The summed E-state index contributed by atoms with van der Waals surface area (Å²) in [6.45, 7) is 30.7. The van der Waals surface area contributed by atoms with Crippen LogP contribution < -0.4 is 4.74 Å². The number of carbonyl (C=O) groups is 1. The lowest BCUT2D eigenvalue weighted by atomic mass is 10.0. The first kappa shape index (κ1) is 35.4. The molecule has 0 aliphatic heterocycles. The molecular formula is C32H56O5Si2. The molecule has 0 fully saturated rings. The summed E-state index contributed by atoms with van der Waals surface area (Å²) in [5, 5.41) is 0.115. The number of rotatable bonds is 15. The molecule has 39 heavy (non-hydrogen) atoms. The van der Waals surface area contributed by atoms with Gasteiger partial charge in [-0.1, -0.05) is 66.7 Å². The van der Waals surface area contributed by atoms with E-state index in [1.165, 1.54) is 0 Å². The van der Waals surface area contributed by atoms with E-state index in [0.717, 1.165) is 11.3 Å². The number of allylic oxidation sites excluding steroid dienone is 1. The molecule has 1 aromatic rings. The molecule has 1 aromatic carbocycles. The highest BCUT2D eigenvalue weighted by Crippen LogP contribution is 2.39. The number of hydrogen-bond acceptors (Lipinski definition) is 5. The predicted molar refractivity (Wildman–Crippen MR) is 169 cm³/mol. The molecule has 0 amide bonds. The average molecular weight is 577 g/mol. The zero-order valence-corrected chi connectivity index (χ0v) is 29.1. The Morgan fingerprint density at radius 1 is 0.897 bits per heavy atom. The second kappa shape index (κ2) is 14.3. The van der Waals surface area contributed by atoms with E-state index in [0.29, 0.717) is 18.6 Å². The zero-order valence-electron chi connectivity index (χ0n) is 27.1. The standard InChI is InChI=1S/C32H56O5Si2/c1-15-16-29(37-39(13,14)32(7,8)9)30(33)28(35-23-26-18-20-27(34-10)21-19-26)22-17-24(2)25(3)36-38(11,12)31(4,5)6/h15,18-22,24-25,29H,1,16-17,23H2,2-14H3/b28-22-/t24-,25-,29+/m1/s1. The molecule has 0 aromatic heterocycles. The van der Waals surface area contributed by atoms with Gasteiger partial charge in [-0.15, -0.1) is 6.58 Å². The second-order valence-corrected chi connectivity index (χ2v) is 23.3. The Hall–Kier alpha value is -1.68. The van der Waals surface area contributed by atoms with Crippen LogP contribution in [0.3, 0.4) is 0 Å². The van der Waals surface area contributed by atoms with Crippen LogP contribution in [0.25, 0.3) is 0 Å². The summed E-state index contributed by atoms with van der Waals surface area (Å²) >= 11 is 0. The van der Waals surface area contributed by atoms with Gasteiger partial charge in [-0.2, -0.15) is 0 Å². The summed E-state index contributed by atoms with van der Waals surface area (Å²) < 4.78 is 24.7. The van der Waals surface area contributed by atoms with Crippen LogP contribution in [0.4, 0.5) is 0 Å². The van der Waals surface area contributed by atoms with Crippen molar-refractivity contribution in [1.82, 2.24) is 0 Å². The summed E-state index contributed by atoms with van der Waals surface area (Å²) in [6, 6.07) is 7.69. The Morgan fingerprint density at radius 3 is 1.87 bits per heavy atom. The number of ketones is 1. The molecule has 0 spiro atoms. The average Bonchev–Trinajstić information content (AvgIpc) is 2.81. The highest BCUT2D eigenvalue weighted by molar-refractivity contribution is 6.74. The highest BCUT2D eigenvalue weighted by Gasteiger charge is 2.41. The van der Waals surface area contributed by atoms with Crippen LogP contribution in [0.15, 0.2) is 48.8 Å². The molecule has 222 valence electrons. The largest absolute Gasteiger partial charge is 0.497 e. The molecule has 0 aliphatic rings. The second-order valence-electron chi connectivity index (χ2n) is 13.8. The minimum absolute atomic E-state index is 0.0223. The molecule has 3 atom stereocenters. The Kier molecular flexibility index (Phi) is 13.0. The molecule has 0 heterocycles. The van der Waals surface area contributed by atoms with Gasteiger partial charge in [-0.3, -0.25) is 4.79 Å². The number of ether oxygens (including phenoxy) is 2. The third-order valence-electron chi connectivity index (χ3n) is 8.48. The van der Waals surface area contributed by atoms with Crippen LogP contribution in [-0.4, -0.2) is 41.7 Å². The fourth-order valence-electron chi connectivity index (χ4n) is 3.41. The first-order valence-electron chi connectivity index (χ1n) is 14.2. The van der Waals surface area contributed by atoms with E-state index < -0.39 is 22.7 Å². The zero-order chi connectivity index (χ0) is 30.2. The van der Waals surface area contributed by atoms with Crippen molar-refractivity contribution in [3.8, 4) is 5.75 Å². The number of carbonyl (C=O) groups excluding carboxylic acids is 1. The van der Waals surface area contributed by atoms with Crippen molar-refractivity contribution in [1.29, 1.82) is 0 Å². The molecule has 1 rings (SSSR count). The van der Waals surface area contributed by atoms with Crippen LogP contribution in [0, 0.1) is 5.92 Å². The van der Waals surface area contributed by atoms with Crippen molar-refractivity contribution in [3.05, 3.63) is 54.3 Å². The van der Waals surface area contributed by atoms with Crippen molar-refractivity contribution in [3.63, 3.8) is 0 Å². The molecule has 7 heteroatoms. The lowest BCUT2D eigenvalue weighted by molar-refractivity contribution is -0.126. The van der Waals surface area contributed by atoms with Crippen molar-refractivity contribution in [2.24, 2.45) is 5.92 Å². The first-order valence-corrected chi connectivity index (χ1v) is 20.0. The van der Waals surface area contributed by atoms with E-state index in [9.17, 15) is 4.79 Å². The summed E-state index contributed by atoms with van der Waals surface area (Å²) in [6.07, 6.45) is 4.24. The summed E-state index contributed by atoms with van der Waals surface area (Å²) in [5.74, 6) is 1.22. The predicted octanol–water partition coefficient (Wildman–Crippen LogP) is 9.07. The topological polar surface area (TPSA) is 54.0 Å². The minimum Gasteiger partial charge on any atom is -0.497 e. The maximum absolute atomic E-state index is 13.9. The maximum Gasteiger partial charge on any atom is 0.224 e. The van der Waals surface area contributed by atoms with Gasteiger partial charge >= 0.3 is 0 Å². The number of hydrogen-bond donors (Lipinski definition) is 0. The fourth-order valence-corrected chi connectivity index (χ4v) is 6.19. The molecule has 0 radical (unpaired) electrons. The van der Waals surface area contributed by atoms with Gasteiger partial charge < -0.3 is 18.3 Å². The van der Waals surface area contributed by atoms with Crippen molar-refractivity contribution in [2.75, 3.05) is 7.11 Å². The summed E-state index contributed by atoms with van der Waals surface area (Å²) in [5.41, 5.74) is 0.961. The lowest BCUT2D eigenvalue weighted by Crippen LogP contribution is -2.46. The Labute approximate surface area is 241 Å². The maximum atomic E-state index is 13.9. The molecule has 0 saturated heterocycles. The SMILES string of the molecule is C=CC[C@H](O[Si](C)(C)C(C)(C)C)C(=O)/C(=C/C[C@@H](C)[C@@H](C)O[Si](C)(C)C(C)(C)C)OCc1ccc(OC)cc1. The molecule has 0 unspecified atom stereocenters. The molecule has 0 saturated carbocycles. The molecular weight excluding hydrogens is 521 g/mol. The van der Waals surface area contributed by atoms with Crippen LogP contribution in [0.2, 0.25) is 36.3 Å². The van der Waals surface area contributed by atoms with Crippen molar-refractivity contribution >= 4 is 22.4 Å². The Balaban J connectivity index is 3.24. The van der Waals surface area contributed by atoms with Gasteiger partial charge in [0.15, 0.2) is 22.4 Å². The minimum atomic E-state index is -2.20. The highest BCUT2D eigenvalue weighted by atomic mass is 28.4.